The summed E-state index contributed by atoms with van der Waals surface area (Å²) in [5.41, 5.74) is 2.28. The number of carbonyl (C=O) groups is 1. The molecule has 0 spiro atoms. The summed E-state index contributed by atoms with van der Waals surface area (Å²) in [7, 11) is 0. The Hall–Kier alpha value is -2.12. The van der Waals surface area contributed by atoms with E-state index in [0.717, 1.165) is 52.4 Å². The number of hydrogen-bond donors (Lipinski definition) is 0. The number of thiophene rings is 1. The Kier molecular flexibility index (Phi) is 5.77. The van der Waals surface area contributed by atoms with Crippen LogP contribution in [0.15, 0.2) is 40.3 Å². The van der Waals surface area contributed by atoms with Gasteiger partial charge in [-0.15, -0.1) is 11.3 Å². The Morgan fingerprint density at radius 3 is 2.70 bits per heavy atom. The van der Waals surface area contributed by atoms with Crippen molar-refractivity contribution < 1.29 is 9.90 Å². The molecule has 1 aromatic carbocycles. The molecule has 0 aliphatic heterocycles. The summed E-state index contributed by atoms with van der Waals surface area (Å²) >= 11 is 2.65. The van der Waals surface area contributed by atoms with Crippen LogP contribution in [0, 0.1) is 11.3 Å². The summed E-state index contributed by atoms with van der Waals surface area (Å²) in [6, 6.07) is 9.71. The van der Waals surface area contributed by atoms with E-state index in [1.54, 1.807) is 15.9 Å². The first kappa shape index (κ1) is 21.1. The van der Waals surface area contributed by atoms with Crippen molar-refractivity contribution in [3.8, 4) is 0 Å². The van der Waals surface area contributed by atoms with Crippen LogP contribution >= 0.6 is 23.1 Å². The third-order valence-electron chi connectivity index (χ3n) is 5.86. The van der Waals surface area contributed by atoms with E-state index in [1.165, 1.54) is 4.88 Å². The molecule has 0 saturated heterocycles. The number of aryl methyl sites for hydroxylation is 1. The zero-order valence-electron chi connectivity index (χ0n) is 17.4. The molecule has 0 unspecified atom stereocenters. The van der Waals surface area contributed by atoms with E-state index in [4.69, 9.17) is 4.98 Å². The van der Waals surface area contributed by atoms with Gasteiger partial charge in [-0.05, 0) is 41.7 Å². The number of hydrogen-bond acceptors (Lipinski definition) is 6. The standard InChI is InChI=1S/C23H26N2O3S2/c1-23(2,3)15-9-10-16-17(11-15)30-20-19(16)21(28)25(12-14-7-5-4-6-8-14)22(24-20)29-13-18(26)27/h4-8,15H,9-13H2,1-3H3,(H,26,27)/p-1/t15-/m0/s1. The Morgan fingerprint density at radius 2 is 2.03 bits per heavy atom. The fraction of sp³-hybridized carbons (Fsp3) is 0.435. The SMILES string of the molecule is CC(C)(C)[C@H]1CCc2c(sc3nc(SCC(=O)[O-])n(Cc4ccccc4)c(=O)c23)C1. The molecule has 30 heavy (non-hydrogen) atoms. The number of benzene rings is 1. The summed E-state index contributed by atoms with van der Waals surface area (Å²) in [4.78, 5) is 31.3. The summed E-state index contributed by atoms with van der Waals surface area (Å²) in [6.07, 6.45) is 2.94. The summed E-state index contributed by atoms with van der Waals surface area (Å²) in [6.45, 7) is 7.19. The molecule has 0 radical (unpaired) electrons. The molecular formula is C23H25N2O3S2-. The van der Waals surface area contributed by atoms with Crippen molar-refractivity contribution in [1.82, 2.24) is 9.55 Å². The van der Waals surface area contributed by atoms with Crippen LogP contribution in [0.2, 0.25) is 0 Å². The molecule has 0 N–H and O–H groups in total. The van der Waals surface area contributed by atoms with E-state index < -0.39 is 5.97 Å². The van der Waals surface area contributed by atoms with Crippen molar-refractivity contribution in [3.63, 3.8) is 0 Å². The van der Waals surface area contributed by atoms with Gasteiger partial charge >= 0.3 is 0 Å². The first-order chi connectivity index (χ1) is 14.2. The van der Waals surface area contributed by atoms with E-state index in [2.05, 4.69) is 20.8 Å². The van der Waals surface area contributed by atoms with Crippen LogP contribution in [-0.4, -0.2) is 21.3 Å². The van der Waals surface area contributed by atoms with Gasteiger partial charge in [-0.1, -0.05) is 62.9 Å². The van der Waals surface area contributed by atoms with Gasteiger partial charge in [0.05, 0.1) is 17.9 Å². The van der Waals surface area contributed by atoms with Gasteiger partial charge in [0.25, 0.3) is 5.56 Å². The number of fused-ring (bicyclic) bond motifs is 3. The smallest absolute Gasteiger partial charge is 0.263 e. The van der Waals surface area contributed by atoms with Crippen LogP contribution < -0.4 is 10.7 Å². The fourth-order valence-electron chi connectivity index (χ4n) is 4.12. The van der Waals surface area contributed by atoms with Crippen molar-refractivity contribution in [1.29, 1.82) is 0 Å². The minimum absolute atomic E-state index is 0.0728. The second-order valence-corrected chi connectivity index (χ2v) is 10.9. The van der Waals surface area contributed by atoms with E-state index in [0.29, 0.717) is 17.6 Å². The monoisotopic (exact) mass is 441 g/mol. The Bertz CT molecular complexity index is 1140. The molecule has 1 aliphatic rings. The molecule has 0 bridgehead atoms. The van der Waals surface area contributed by atoms with E-state index in [1.807, 2.05) is 30.3 Å². The van der Waals surface area contributed by atoms with Crippen molar-refractivity contribution in [3.05, 3.63) is 56.7 Å². The first-order valence-electron chi connectivity index (χ1n) is 10.2. The molecule has 4 rings (SSSR count). The van der Waals surface area contributed by atoms with Crippen molar-refractivity contribution in [2.75, 3.05) is 5.75 Å². The maximum absolute atomic E-state index is 13.6. The molecule has 7 heteroatoms. The molecule has 158 valence electrons. The number of carboxylic acid groups (broad SMARTS) is 1. The van der Waals surface area contributed by atoms with Crippen molar-refractivity contribution in [2.24, 2.45) is 11.3 Å². The number of rotatable bonds is 5. The molecule has 0 fully saturated rings. The predicted octanol–water partition coefficient (Wildman–Crippen LogP) is 3.50. The molecule has 0 amide bonds. The maximum atomic E-state index is 13.6. The minimum atomic E-state index is -1.17. The zero-order valence-corrected chi connectivity index (χ0v) is 19.1. The highest BCUT2D eigenvalue weighted by Crippen LogP contribution is 2.42. The molecule has 1 aliphatic carbocycles. The van der Waals surface area contributed by atoms with Gasteiger partial charge in [0.2, 0.25) is 0 Å². The van der Waals surface area contributed by atoms with Crippen LogP contribution in [0.25, 0.3) is 10.2 Å². The van der Waals surface area contributed by atoms with Crippen LogP contribution in [0.5, 0.6) is 0 Å². The Labute approximate surface area is 184 Å². The highest BCUT2D eigenvalue weighted by atomic mass is 32.2. The average Bonchev–Trinajstić information content (AvgIpc) is 3.06. The quantitative estimate of drug-likeness (QED) is 0.447. The lowest BCUT2D eigenvalue weighted by atomic mass is 9.72. The predicted molar refractivity (Wildman–Crippen MR) is 120 cm³/mol. The second-order valence-electron chi connectivity index (χ2n) is 8.92. The lowest BCUT2D eigenvalue weighted by Gasteiger charge is -2.33. The van der Waals surface area contributed by atoms with Gasteiger partial charge in [-0.2, -0.15) is 0 Å². The Balaban J connectivity index is 1.82. The van der Waals surface area contributed by atoms with Gasteiger partial charge in [-0.25, -0.2) is 4.98 Å². The van der Waals surface area contributed by atoms with Crippen molar-refractivity contribution >= 4 is 39.3 Å². The lowest BCUT2D eigenvalue weighted by Crippen LogP contribution is -2.28. The van der Waals surface area contributed by atoms with Gasteiger partial charge in [0, 0.05) is 10.6 Å². The number of thioether (sulfide) groups is 1. The van der Waals surface area contributed by atoms with Crippen LogP contribution in [-0.2, 0) is 24.2 Å². The van der Waals surface area contributed by atoms with Gasteiger partial charge in [0.1, 0.15) is 4.83 Å². The fourth-order valence-corrected chi connectivity index (χ4v) is 6.17. The molecule has 2 heterocycles. The second kappa shape index (κ2) is 8.19. The Morgan fingerprint density at radius 1 is 1.30 bits per heavy atom. The number of carbonyl (C=O) groups excluding carboxylic acids is 1. The summed E-state index contributed by atoms with van der Waals surface area (Å²) in [5, 5.41) is 12.2. The van der Waals surface area contributed by atoms with Crippen LogP contribution in [0.1, 0.15) is 43.2 Å². The highest BCUT2D eigenvalue weighted by molar-refractivity contribution is 7.99. The van der Waals surface area contributed by atoms with Gasteiger partial charge in [0.15, 0.2) is 5.16 Å². The number of aromatic nitrogens is 2. The van der Waals surface area contributed by atoms with E-state index >= 15 is 0 Å². The number of nitrogens with zero attached hydrogens (tertiary/aromatic N) is 2. The van der Waals surface area contributed by atoms with Crippen LogP contribution in [0.4, 0.5) is 0 Å². The van der Waals surface area contributed by atoms with Crippen molar-refractivity contribution in [2.45, 2.75) is 51.7 Å². The van der Waals surface area contributed by atoms with Gasteiger partial charge < -0.3 is 9.90 Å². The van der Waals surface area contributed by atoms with Crippen LogP contribution in [0.3, 0.4) is 0 Å². The lowest BCUT2D eigenvalue weighted by molar-refractivity contribution is -0.301. The summed E-state index contributed by atoms with van der Waals surface area (Å²) in [5.74, 6) is -0.820. The normalized spacial score (nSPS) is 16.6. The first-order valence-corrected chi connectivity index (χ1v) is 12.0. The third-order valence-corrected chi connectivity index (χ3v) is 7.96. The van der Waals surface area contributed by atoms with Gasteiger partial charge in [-0.3, -0.25) is 9.36 Å². The molecule has 0 saturated carbocycles. The van der Waals surface area contributed by atoms with E-state index in [9.17, 15) is 14.7 Å². The molecule has 2 aromatic heterocycles. The molecule has 1 atom stereocenters. The molecular weight excluding hydrogens is 416 g/mol. The summed E-state index contributed by atoms with van der Waals surface area (Å²) < 4.78 is 1.62. The number of aliphatic carboxylic acids is 1. The maximum Gasteiger partial charge on any atom is 0.263 e. The topological polar surface area (TPSA) is 75.0 Å². The number of carboxylic acids is 1. The minimum Gasteiger partial charge on any atom is -0.549 e. The average molecular weight is 442 g/mol. The molecule has 5 nitrogen and oxygen atoms in total. The molecule has 3 aromatic rings. The zero-order chi connectivity index (χ0) is 21.5. The largest absolute Gasteiger partial charge is 0.549 e. The van der Waals surface area contributed by atoms with E-state index in [-0.39, 0.29) is 16.7 Å². The third kappa shape index (κ3) is 4.18. The highest BCUT2D eigenvalue weighted by Gasteiger charge is 2.32.